The molecule has 1 fully saturated rings. The van der Waals surface area contributed by atoms with Crippen molar-refractivity contribution < 1.29 is 9.47 Å². The number of fused-ring (bicyclic) bond motifs is 3. The molecule has 0 bridgehead atoms. The third-order valence-corrected chi connectivity index (χ3v) is 3.87. The lowest BCUT2D eigenvalue weighted by Gasteiger charge is -2.21. The highest BCUT2D eigenvalue weighted by molar-refractivity contribution is 5.35. The van der Waals surface area contributed by atoms with Crippen LogP contribution >= 0.6 is 0 Å². The highest BCUT2D eigenvalue weighted by atomic mass is 16.7. The minimum atomic E-state index is -0.0800. The molecule has 4 atom stereocenters. The predicted octanol–water partition coefficient (Wildman–Crippen LogP) is 2.93. The Labute approximate surface area is 96.6 Å². The van der Waals surface area contributed by atoms with Gasteiger partial charge >= 0.3 is 0 Å². The first-order valence-corrected chi connectivity index (χ1v) is 6.10. The zero-order valence-electron chi connectivity index (χ0n) is 9.85. The van der Waals surface area contributed by atoms with Gasteiger partial charge in [0.15, 0.2) is 6.29 Å². The summed E-state index contributed by atoms with van der Waals surface area (Å²) in [5.74, 6) is 1.16. The van der Waals surface area contributed by atoms with Gasteiger partial charge in [0.2, 0.25) is 0 Å². The Morgan fingerprint density at radius 2 is 2.00 bits per heavy atom. The summed E-state index contributed by atoms with van der Waals surface area (Å²) in [6, 6.07) is 8.65. The van der Waals surface area contributed by atoms with Crippen LogP contribution in [0, 0.1) is 11.8 Å². The lowest BCUT2D eigenvalue weighted by molar-refractivity contribution is -0.147. The molecule has 0 radical (unpaired) electrons. The van der Waals surface area contributed by atoms with E-state index in [1.165, 1.54) is 11.1 Å². The molecule has 1 aliphatic heterocycles. The smallest absolute Gasteiger partial charge is 0.155 e. The van der Waals surface area contributed by atoms with Crippen molar-refractivity contribution in [1.29, 1.82) is 0 Å². The van der Waals surface area contributed by atoms with E-state index in [9.17, 15) is 0 Å². The van der Waals surface area contributed by atoms with Gasteiger partial charge in [-0.2, -0.15) is 0 Å². The zero-order chi connectivity index (χ0) is 11.1. The van der Waals surface area contributed by atoms with Gasteiger partial charge in [0, 0.05) is 0 Å². The number of benzene rings is 1. The van der Waals surface area contributed by atoms with Crippen molar-refractivity contribution in [3.63, 3.8) is 0 Å². The second-order valence-corrected chi connectivity index (χ2v) is 5.00. The summed E-state index contributed by atoms with van der Waals surface area (Å²) in [5, 5.41) is 0. The Bertz CT molecular complexity index is 388. The molecule has 0 unspecified atom stereocenters. The van der Waals surface area contributed by atoms with Crippen LogP contribution in [0.2, 0.25) is 0 Å². The van der Waals surface area contributed by atoms with Crippen LogP contribution in [0.4, 0.5) is 0 Å². The normalized spacial score (nSPS) is 37.6. The molecular weight excluding hydrogens is 200 g/mol. The minimum Gasteiger partial charge on any atom is -0.353 e. The predicted molar refractivity (Wildman–Crippen MR) is 62.0 cm³/mol. The van der Waals surface area contributed by atoms with E-state index in [4.69, 9.17) is 9.47 Å². The highest BCUT2D eigenvalue weighted by Gasteiger charge is 2.39. The molecule has 1 aromatic rings. The molecule has 16 heavy (non-hydrogen) atoms. The largest absolute Gasteiger partial charge is 0.353 e. The van der Waals surface area contributed by atoms with Gasteiger partial charge in [0.1, 0.15) is 0 Å². The summed E-state index contributed by atoms with van der Waals surface area (Å²) in [4.78, 5) is 0. The molecule has 1 aromatic carbocycles. The van der Waals surface area contributed by atoms with Crippen LogP contribution in [0.25, 0.3) is 0 Å². The first kappa shape index (κ1) is 10.3. The summed E-state index contributed by atoms with van der Waals surface area (Å²) in [5.41, 5.74) is 2.83. The van der Waals surface area contributed by atoms with Crippen LogP contribution in [0.15, 0.2) is 24.3 Å². The molecule has 0 saturated carbocycles. The number of hydrogen-bond acceptors (Lipinski definition) is 2. The molecule has 0 N–H and O–H groups in total. The molecule has 3 rings (SSSR count). The molecule has 0 aromatic heterocycles. The molecule has 86 valence electrons. The van der Waals surface area contributed by atoms with Crippen LogP contribution in [0.1, 0.15) is 31.1 Å². The van der Waals surface area contributed by atoms with E-state index in [2.05, 4.69) is 31.2 Å². The Hall–Kier alpha value is -0.860. The topological polar surface area (TPSA) is 18.5 Å². The van der Waals surface area contributed by atoms with E-state index >= 15 is 0 Å². The van der Waals surface area contributed by atoms with Crippen LogP contribution in [0.3, 0.4) is 0 Å². The fourth-order valence-electron chi connectivity index (χ4n) is 2.92. The van der Waals surface area contributed by atoms with Crippen molar-refractivity contribution in [3.8, 4) is 0 Å². The van der Waals surface area contributed by atoms with Crippen molar-refractivity contribution in [2.24, 2.45) is 11.8 Å². The molecule has 2 heteroatoms. The lowest BCUT2D eigenvalue weighted by Crippen LogP contribution is -2.18. The fraction of sp³-hybridized carbons (Fsp3) is 0.571. The van der Waals surface area contributed by atoms with E-state index < -0.39 is 0 Å². The Balaban J connectivity index is 1.97. The average Bonchev–Trinajstić information content (AvgIpc) is 2.59. The van der Waals surface area contributed by atoms with E-state index in [-0.39, 0.29) is 12.4 Å². The fourth-order valence-corrected chi connectivity index (χ4v) is 2.92. The molecule has 0 spiro atoms. The van der Waals surface area contributed by atoms with Crippen molar-refractivity contribution in [3.05, 3.63) is 35.4 Å². The van der Waals surface area contributed by atoms with Crippen LogP contribution in [-0.2, 0) is 15.9 Å². The SMILES string of the molecule is C[C@@H]1OC[C@H](C)[C@H]2Cc3ccccc3[C@H]2O1. The molecule has 2 aliphatic rings. The number of hydrogen-bond donors (Lipinski definition) is 0. The third-order valence-electron chi connectivity index (χ3n) is 3.87. The summed E-state index contributed by atoms with van der Waals surface area (Å²) in [7, 11) is 0. The summed E-state index contributed by atoms with van der Waals surface area (Å²) < 4.78 is 11.7. The zero-order valence-corrected chi connectivity index (χ0v) is 9.85. The van der Waals surface area contributed by atoms with Gasteiger partial charge in [0.05, 0.1) is 12.7 Å². The summed E-state index contributed by atoms with van der Waals surface area (Å²) >= 11 is 0. The van der Waals surface area contributed by atoms with E-state index in [1.54, 1.807) is 0 Å². The second kappa shape index (κ2) is 3.86. The molecule has 0 amide bonds. The van der Waals surface area contributed by atoms with Gasteiger partial charge < -0.3 is 9.47 Å². The van der Waals surface area contributed by atoms with Crippen LogP contribution < -0.4 is 0 Å². The van der Waals surface area contributed by atoms with Gasteiger partial charge in [-0.25, -0.2) is 0 Å². The first-order valence-electron chi connectivity index (χ1n) is 6.10. The van der Waals surface area contributed by atoms with E-state index in [0.29, 0.717) is 11.8 Å². The van der Waals surface area contributed by atoms with Gasteiger partial charge in [0.25, 0.3) is 0 Å². The number of ether oxygens (including phenoxy) is 2. The highest BCUT2D eigenvalue weighted by Crippen LogP contribution is 2.44. The standard InChI is InChI=1S/C14H18O2/c1-9-8-15-10(2)16-14-12-6-4-3-5-11(12)7-13(9)14/h3-6,9-10,13-14H,7-8H2,1-2H3/t9-,10+,13+,14+/m0/s1. The van der Waals surface area contributed by atoms with Gasteiger partial charge in [-0.3, -0.25) is 0 Å². The van der Waals surface area contributed by atoms with Crippen LogP contribution in [0.5, 0.6) is 0 Å². The van der Waals surface area contributed by atoms with Gasteiger partial charge in [-0.15, -0.1) is 0 Å². The Morgan fingerprint density at radius 1 is 1.19 bits per heavy atom. The van der Waals surface area contributed by atoms with E-state index in [0.717, 1.165) is 13.0 Å². The monoisotopic (exact) mass is 218 g/mol. The first-order chi connectivity index (χ1) is 7.75. The maximum Gasteiger partial charge on any atom is 0.155 e. The van der Waals surface area contributed by atoms with Crippen molar-refractivity contribution >= 4 is 0 Å². The van der Waals surface area contributed by atoms with Crippen molar-refractivity contribution in [2.75, 3.05) is 6.61 Å². The van der Waals surface area contributed by atoms with Crippen molar-refractivity contribution in [1.82, 2.24) is 0 Å². The van der Waals surface area contributed by atoms with Crippen molar-refractivity contribution in [2.45, 2.75) is 32.7 Å². The quantitative estimate of drug-likeness (QED) is 0.666. The molecule has 1 aliphatic carbocycles. The minimum absolute atomic E-state index is 0.0800. The molecular formula is C14H18O2. The van der Waals surface area contributed by atoms with Crippen LogP contribution in [-0.4, -0.2) is 12.9 Å². The maximum absolute atomic E-state index is 6.01. The van der Waals surface area contributed by atoms with Gasteiger partial charge in [-0.05, 0) is 36.3 Å². The average molecular weight is 218 g/mol. The number of rotatable bonds is 0. The second-order valence-electron chi connectivity index (χ2n) is 5.00. The molecule has 2 nitrogen and oxygen atoms in total. The lowest BCUT2D eigenvalue weighted by atomic mass is 9.90. The Morgan fingerprint density at radius 3 is 2.88 bits per heavy atom. The maximum atomic E-state index is 6.01. The van der Waals surface area contributed by atoms with E-state index in [1.807, 2.05) is 6.92 Å². The summed E-state index contributed by atoms with van der Waals surface area (Å²) in [6.45, 7) is 5.08. The molecule has 1 heterocycles. The summed E-state index contributed by atoms with van der Waals surface area (Å²) in [6.07, 6.45) is 1.30. The molecule has 1 saturated heterocycles. The third kappa shape index (κ3) is 1.57. The van der Waals surface area contributed by atoms with Gasteiger partial charge in [-0.1, -0.05) is 31.2 Å². The Kier molecular flexibility index (Phi) is 2.49.